The predicted octanol–water partition coefficient (Wildman–Crippen LogP) is 4.32. The van der Waals surface area contributed by atoms with Gasteiger partial charge in [-0.05, 0) is 23.8 Å². The van der Waals surface area contributed by atoms with E-state index < -0.39 is 0 Å². The third-order valence-electron chi connectivity index (χ3n) is 2.58. The lowest BCUT2D eigenvalue weighted by molar-refractivity contribution is 0.194. The van der Waals surface area contributed by atoms with E-state index in [2.05, 4.69) is 23.1 Å². The number of hydrogen-bond donors (Lipinski definition) is 1. The van der Waals surface area contributed by atoms with Gasteiger partial charge in [-0.3, -0.25) is 0 Å². The van der Waals surface area contributed by atoms with Crippen LogP contribution < -0.4 is 0 Å². The van der Waals surface area contributed by atoms with E-state index in [1.807, 2.05) is 0 Å². The van der Waals surface area contributed by atoms with Crippen molar-refractivity contribution >= 4 is 23.2 Å². The van der Waals surface area contributed by atoms with E-state index in [1.54, 1.807) is 42.7 Å². The maximum Gasteiger partial charge on any atom is 0.160 e. The number of aliphatic hydroxyl groups is 1. The topological polar surface area (TPSA) is 55.2 Å². The molecule has 0 atom stereocenters. The van der Waals surface area contributed by atoms with Gasteiger partial charge in [0.1, 0.15) is 0 Å². The summed E-state index contributed by atoms with van der Waals surface area (Å²) in [5, 5.41) is 10.0. The minimum absolute atomic E-state index is 0.143. The lowest BCUT2D eigenvalue weighted by Gasteiger charge is -2.06. The Balaban J connectivity index is 0.000000322. The zero-order valence-electron chi connectivity index (χ0n) is 12.6. The van der Waals surface area contributed by atoms with Gasteiger partial charge in [-0.25, -0.2) is 9.97 Å². The molecule has 1 N–H and O–H groups in total. The molecule has 0 aliphatic carbocycles. The number of ether oxygens (including phenoxy) is 1. The molecule has 0 saturated carbocycles. The van der Waals surface area contributed by atoms with Crippen molar-refractivity contribution in [2.45, 2.75) is 6.61 Å². The number of hydrogen-bond acceptors (Lipinski definition) is 4. The summed E-state index contributed by atoms with van der Waals surface area (Å²) in [6, 6.07) is 5.00. The van der Waals surface area contributed by atoms with Gasteiger partial charge in [0.25, 0.3) is 0 Å². The van der Waals surface area contributed by atoms with Crippen LogP contribution in [0.1, 0.15) is 5.56 Å². The second kappa shape index (κ2) is 10.9. The first-order chi connectivity index (χ1) is 11.1. The molecule has 0 unspecified atom stereocenters. The molecule has 0 spiro atoms. The van der Waals surface area contributed by atoms with Crippen molar-refractivity contribution in [1.29, 1.82) is 0 Å². The van der Waals surface area contributed by atoms with Crippen LogP contribution in [0.4, 0.5) is 0 Å². The number of nitrogens with zero attached hydrogens (tertiary/aromatic N) is 2. The molecule has 1 aromatic carbocycles. The van der Waals surface area contributed by atoms with Gasteiger partial charge in [-0.15, -0.1) is 13.2 Å². The molecular weight excluding hydrogens is 335 g/mol. The van der Waals surface area contributed by atoms with Crippen LogP contribution in [-0.2, 0) is 11.3 Å². The maximum absolute atomic E-state index is 9.11. The Morgan fingerprint density at radius 3 is 2.17 bits per heavy atom. The average molecular weight is 353 g/mol. The quantitative estimate of drug-likeness (QED) is 0.621. The maximum atomic E-state index is 9.11. The van der Waals surface area contributed by atoms with Gasteiger partial charge in [0.2, 0.25) is 0 Å². The predicted molar refractivity (Wildman–Crippen MR) is 94.6 cm³/mol. The Kier molecular flexibility index (Phi) is 9.17. The highest BCUT2D eigenvalue weighted by molar-refractivity contribution is 6.36. The Labute approximate surface area is 146 Å². The van der Waals surface area contributed by atoms with Crippen molar-refractivity contribution < 1.29 is 9.84 Å². The normalized spacial score (nSPS) is 9.70. The fourth-order valence-corrected chi connectivity index (χ4v) is 2.09. The first-order valence-electron chi connectivity index (χ1n) is 6.79. The van der Waals surface area contributed by atoms with Crippen LogP contribution in [0.25, 0.3) is 11.4 Å². The molecule has 2 rings (SSSR count). The van der Waals surface area contributed by atoms with Crippen LogP contribution in [0.5, 0.6) is 0 Å². The Hall–Kier alpha value is -1.72. The van der Waals surface area contributed by atoms with Gasteiger partial charge in [0.05, 0.1) is 24.8 Å². The van der Waals surface area contributed by atoms with Crippen LogP contribution in [0.3, 0.4) is 0 Å². The first-order valence-corrected chi connectivity index (χ1v) is 7.55. The first kappa shape index (κ1) is 19.3. The molecule has 0 amide bonds. The van der Waals surface area contributed by atoms with Gasteiger partial charge in [0.15, 0.2) is 5.82 Å². The second-order valence-corrected chi connectivity index (χ2v) is 5.08. The number of aromatic nitrogens is 2. The SMILES string of the molecule is C=CCOCC=C.OCc1cc(-c2ncccn2)c(Cl)cc1Cl. The lowest BCUT2D eigenvalue weighted by atomic mass is 10.1. The summed E-state index contributed by atoms with van der Waals surface area (Å²) >= 11 is 12.0. The molecule has 1 heterocycles. The molecule has 0 aliphatic rings. The third kappa shape index (κ3) is 6.50. The molecule has 122 valence electrons. The summed E-state index contributed by atoms with van der Waals surface area (Å²) < 4.78 is 4.90. The highest BCUT2D eigenvalue weighted by Gasteiger charge is 2.10. The molecule has 0 bridgehead atoms. The Bertz CT molecular complexity index is 626. The summed E-state index contributed by atoms with van der Waals surface area (Å²) in [4.78, 5) is 8.19. The summed E-state index contributed by atoms with van der Waals surface area (Å²) in [6.07, 6.45) is 6.69. The highest BCUT2D eigenvalue weighted by atomic mass is 35.5. The molecule has 0 saturated heterocycles. The van der Waals surface area contributed by atoms with Crippen molar-refractivity contribution in [1.82, 2.24) is 9.97 Å². The fraction of sp³-hybridized carbons (Fsp3) is 0.176. The van der Waals surface area contributed by atoms with Crippen LogP contribution in [-0.4, -0.2) is 28.3 Å². The molecule has 0 fully saturated rings. The summed E-state index contributed by atoms with van der Waals surface area (Å²) in [7, 11) is 0. The zero-order chi connectivity index (χ0) is 17.1. The van der Waals surface area contributed by atoms with Gasteiger partial charge >= 0.3 is 0 Å². The van der Waals surface area contributed by atoms with E-state index >= 15 is 0 Å². The standard InChI is InChI=1S/C11H8Cl2N2O.C6H10O/c12-9-5-10(13)8(4-7(9)6-16)11-14-2-1-3-15-11;1-3-5-7-6-4-2/h1-5,16H,6H2;3-4H,1-2,5-6H2. The van der Waals surface area contributed by atoms with Crippen LogP contribution in [0.2, 0.25) is 10.0 Å². The third-order valence-corrected chi connectivity index (χ3v) is 3.25. The van der Waals surface area contributed by atoms with Crippen molar-refractivity contribution in [3.8, 4) is 11.4 Å². The van der Waals surface area contributed by atoms with Crippen LogP contribution >= 0.6 is 23.2 Å². The molecule has 6 heteroatoms. The van der Waals surface area contributed by atoms with E-state index in [4.69, 9.17) is 33.0 Å². The monoisotopic (exact) mass is 352 g/mol. The Morgan fingerprint density at radius 2 is 1.65 bits per heavy atom. The van der Waals surface area contributed by atoms with E-state index in [0.717, 1.165) is 0 Å². The highest BCUT2D eigenvalue weighted by Crippen LogP contribution is 2.30. The molecule has 0 radical (unpaired) electrons. The van der Waals surface area contributed by atoms with Crippen molar-refractivity contribution in [2.75, 3.05) is 13.2 Å². The molecule has 23 heavy (non-hydrogen) atoms. The van der Waals surface area contributed by atoms with Crippen LogP contribution in [0, 0.1) is 0 Å². The van der Waals surface area contributed by atoms with E-state index in [0.29, 0.717) is 40.2 Å². The summed E-state index contributed by atoms with van der Waals surface area (Å²) in [5.74, 6) is 0.513. The van der Waals surface area contributed by atoms with Gasteiger partial charge in [0, 0.05) is 23.0 Å². The summed E-state index contributed by atoms with van der Waals surface area (Å²) in [5.41, 5.74) is 1.27. The average Bonchev–Trinajstić information content (AvgIpc) is 2.57. The van der Waals surface area contributed by atoms with Crippen molar-refractivity contribution in [3.05, 3.63) is 71.5 Å². The number of halogens is 2. The van der Waals surface area contributed by atoms with Gasteiger partial charge < -0.3 is 9.84 Å². The Morgan fingerprint density at radius 1 is 1.04 bits per heavy atom. The minimum Gasteiger partial charge on any atom is -0.392 e. The molecular formula is C17H18Cl2N2O2. The minimum atomic E-state index is -0.143. The number of benzene rings is 1. The largest absolute Gasteiger partial charge is 0.392 e. The molecule has 2 aromatic rings. The smallest absolute Gasteiger partial charge is 0.160 e. The van der Waals surface area contributed by atoms with Crippen molar-refractivity contribution in [2.24, 2.45) is 0 Å². The molecule has 4 nitrogen and oxygen atoms in total. The lowest BCUT2D eigenvalue weighted by Crippen LogP contribution is -1.92. The van der Waals surface area contributed by atoms with E-state index in [-0.39, 0.29) is 6.61 Å². The van der Waals surface area contributed by atoms with E-state index in [9.17, 15) is 0 Å². The molecule has 0 aliphatic heterocycles. The van der Waals surface area contributed by atoms with Gasteiger partial charge in [-0.1, -0.05) is 35.4 Å². The zero-order valence-corrected chi connectivity index (χ0v) is 14.1. The fourth-order valence-electron chi connectivity index (χ4n) is 1.56. The van der Waals surface area contributed by atoms with Crippen LogP contribution in [0.15, 0.2) is 55.9 Å². The second-order valence-electron chi connectivity index (χ2n) is 4.27. The van der Waals surface area contributed by atoms with Gasteiger partial charge in [-0.2, -0.15) is 0 Å². The number of aliphatic hydroxyl groups excluding tert-OH is 1. The summed E-state index contributed by atoms with van der Waals surface area (Å²) in [6.45, 7) is 8.04. The van der Waals surface area contributed by atoms with Crippen molar-refractivity contribution in [3.63, 3.8) is 0 Å². The van der Waals surface area contributed by atoms with E-state index in [1.165, 1.54) is 0 Å². The number of rotatable bonds is 6. The molecule has 1 aromatic heterocycles.